The topological polar surface area (TPSA) is 160 Å². The molecule has 1 unspecified atom stereocenters. The molecule has 4 heterocycles. The van der Waals surface area contributed by atoms with Crippen molar-refractivity contribution in [3.8, 4) is 28.7 Å². The van der Waals surface area contributed by atoms with E-state index >= 15 is 0 Å². The molecule has 268 valence electrons. The number of carboxylic acid groups (broad SMARTS) is 1. The van der Waals surface area contributed by atoms with Gasteiger partial charge in [0.2, 0.25) is 5.89 Å². The van der Waals surface area contributed by atoms with E-state index in [-0.39, 0.29) is 12.1 Å². The highest BCUT2D eigenvalue weighted by atomic mass is 16.4. The Labute approximate surface area is 307 Å². The van der Waals surface area contributed by atoms with Crippen LogP contribution in [0.4, 0.5) is 11.5 Å². The number of nitriles is 1. The number of hydrogen-bond donors (Lipinski definition) is 4. The van der Waals surface area contributed by atoms with Crippen molar-refractivity contribution >= 4 is 39.5 Å². The summed E-state index contributed by atoms with van der Waals surface area (Å²) in [7, 11) is 0. The number of benzene rings is 3. The van der Waals surface area contributed by atoms with Crippen molar-refractivity contribution in [2.45, 2.75) is 64.8 Å². The summed E-state index contributed by atoms with van der Waals surface area (Å²) in [5.41, 5.74) is 10.0. The van der Waals surface area contributed by atoms with E-state index in [1.807, 2.05) is 42.6 Å². The number of β-amino-alcohol motifs (C(OH)–C–C–N with tert-alkyl or cyclic N) is 1. The number of aliphatic hydroxyl groups excluding tert-OH is 1. The summed E-state index contributed by atoms with van der Waals surface area (Å²) in [5.74, 6) is -0.0583. The van der Waals surface area contributed by atoms with Gasteiger partial charge in [0.25, 0.3) is 0 Å². The molecule has 1 saturated heterocycles. The molecule has 1 aliphatic heterocycles. The first kappa shape index (κ1) is 34.4. The van der Waals surface area contributed by atoms with Gasteiger partial charge in [-0.3, -0.25) is 14.7 Å². The molecule has 11 nitrogen and oxygen atoms in total. The molecule has 0 spiro atoms. The van der Waals surface area contributed by atoms with E-state index in [0.717, 1.165) is 87.9 Å². The number of oxazole rings is 1. The predicted octanol–water partition coefficient (Wildman–Crippen LogP) is 7.25. The van der Waals surface area contributed by atoms with Crippen LogP contribution >= 0.6 is 0 Å². The molecule has 3 atom stereocenters. The number of carboxylic acids is 1. The molecule has 4 N–H and O–H groups in total. The average Bonchev–Trinajstić information content (AvgIpc) is 3.91. The Morgan fingerprint density at radius 3 is 2.60 bits per heavy atom. The summed E-state index contributed by atoms with van der Waals surface area (Å²) in [5, 5.41) is 37.5. The third-order valence-corrected chi connectivity index (χ3v) is 10.8. The third-order valence-electron chi connectivity index (χ3n) is 10.8. The van der Waals surface area contributed by atoms with Crippen molar-refractivity contribution in [3.63, 3.8) is 0 Å². The van der Waals surface area contributed by atoms with Crippen LogP contribution in [0.2, 0.25) is 0 Å². The van der Waals surface area contributed by atoms with Crippen LogP contribution in [-0.4, -0.2) is 61.3 Å². The van der Waals surface area contributed by atoms with E-state index in [4.69, 9.17) is 14.4 Å². The molecule has 2 aliphatic rings. The minimum absolute atomic E-state index is 0.0981. The van der Waals surface area contributed by atoms with Crippen LogP contribution < -0.4 is 10.6 Å². The number of fused-ring (bicyclic) bond motifs is 2. The Hall–Kier alpha value is -5.67. The molecule has 3 aromatic heterocycles. The molecular formula is C42H41N7O4. The zero-order valence-electron chi connectivity index (χ0n) is 29.8. The van der Waals surface area contributed by atoms with E-state index < -0.39 is 11.9 Å². The Bertz CT molecular complexity index is 2400. The van der Waals surface area contributed by atoms with Gasteiger partial charge in [0.15, 0.2) is 11.4 Å². The second-order valence-corrected chi connectivity index (χ2v) is 14.3. The summed E-state index contributed by atoms with van der Waals surface area (Å²) in [4.78, 5) is 28.2. The van der Waals surface area contributed by atoms with Crippen LogP contribution in [0.5, 0.6) is 0 Å². The number of aromatic nitrogens is 3. The van der Waals surface area contributed by atoms with Gasteiger partial charge in [0.05, 0.1) is 17.6 Å². The van der Waals surface area contributed by atoms with Gasteiger partial charge in [-0.1, -0.05) is 30.7 Å². The van der Waals surface area contributed by atoms with Crippen LogP contribution in [0.3, 0.4) is 0 Å². The number of aliphatic hydroxyl groups is 1. The lowest BCUT2D eigenvalue weighted by Gasteiger charge is -2.17. The van der Waals surface area contributed by atoms with Gasteiger partial charge in [-0.2, -0.15) is 5.26 Å². The molecule has 1 aliphatic carbocycles. The zero-order valence-corrected chi connectivity index (χ0v) is 29.8. The number of rotatable bonds is 10. The lowest BCUT2D eigenvalue weighted by atomic mass is 9.93. The number of carbonyl (C=O) groups is 1. The van der Waals surface area contributed by atoms with E-state index in [2.05, 4.69) is 58.6 Å². The number of hydrogen-bond acceptors (Lipinski definition) is 10. The van der Waals surface area contributed by atoms with Gasteiger partial charge >= 0.3 is 5.97 Å². The number of anilines is 2. The number of nitrogens with zero attached hydrogens (tertiary/aromatic N) is 5. The maximum absolute atomic E-state index is 11.7. The maximum atomic E-state index is 11.7. The predicted molar refractivity (Wildman–Crippen MR) is 203 cm³/mol. The molecule has 0 bridgehead atoms. The second-order valence-electron chi connectivity index (χ2n) is 14.3. The number of likely N-dealkylation sites (tertiary alicyclic amines) is 1. The third kappa shape index (κ3) is 6.84. The minimum atomic E-state index is -0.769. The van der Waals surface area contributed by atoms with E-state index in [1.54, 1.807) is 12.3 Å². The minimum Gasteiger partial charge on any atom is -0.481 e. The summed E-state index contributed by atoms with van der Waals surface area (Å²) in [6.07, 6.45) is 6.62. The standard InChI is InChI=1S/C42H41N7O4/c1-24-31(6-3-8-33(24)41-48-37-18-26(16-29(19-43)39(37)53-41)20-45-36-11-5-9-34(36)42(51)52)32-7-4-10-35(25(32)2)47-40-38-28(12-14-44-40)17-27(21-46-38)22-49-15-13-30(50)23-49/h3-4,6-8,10,12,14,16-18,21,30,34,36,45,50H,5,9,11,13,15,20,22-23H2,1-2H3,(H,44,47)(H,51,52)/t30?,34-,36-/m0/s1. The Kier molecular flexibility index (Phi) is 9.35. The summed E-state index contributed by atoms with van der Waals surface area (Å²) >= 11 is 0. The van der Waals surface area contributed by atoms with Gasteiger partial charge in [0, 0.05) is 61.3 Å². The molecule has 53 heavy (non-hydrogen) atoms. The van der Waals surface area contributed by atoms with E-state index in [0.29, 0.717) is 47.9 Å². The molecule has 11 heteroatoms. The van der Waals surface area contributed by atoms with Crippen molar-refractivity contribution in [2.75, 3.05) is 18.4 Å². The van der Waals surface area contributed by atoms with E-state index in [1.165, 1.54) is 0 Å². The van der Waals surface area contributed by atoms with E-state index in [9.17, 15) is 20.3 Å². The molecule has 1 saturated carbocycles. The SMILES string of the molecule is Cc1c(Nc2nccc3cc(CN4CCC(O)C4)cnc23)cccc1-c1cccc(-c2nc3cc(CN[C@H]4CCC[C@@H]4C(=O)O)cc(C#N)c3o2)c1C. The first-order valence-electron chi connectivity index (χ1n) is 18.2. The summed E-state index contributed by atoms with van der Waals surface area (Å²) < 4.78 is 6.28. The highest BCUT2D eigenvalue weighted by Crippen LogP contribution is 2.38. The molecule has 8 rings (SSSR count). The van der Waals surface area contributed by atoms with Crippen LogP contribution in [0, 0.1) is 31.1 Å². The van der Waals surface area contributed by atoms with Crippen LogP contribution in [0.25, 0.3) is 44.6 Å². The van der Waals surface area contributed by atoms with Crippen molar-refractivity contribution in [1.82, 2.24) is 25.2 Å². The normalized spacial score (nSPS) is 18.9. The van der Waals surface area contributed by atoms with Gasteiger partial charge in [0.1, 0.15) is 17.1 Å². The highest BCUT2D eigenvalue weighted by molar-refractivity contribution is 5.91. The largest absolute Gasteiger partial charge is 0.481 e. The average molecular weight is 708 g/mol. The first-order chi connectivity index (χ1) is 25.7. The van der Waals surface area contributed by atoms with Gasteiger partial charge in [-0.05, 0) is 103 Å². The molecule has 2 fully saturated rings. The summed E-state index contributed by atoms with van der Waals surface area (Å²) in [6.45, 7) is 6.91. The second kappa shape index (κ2) is 14.4. The number of aliphatic carboxylic acids is 1. The van der Waals surface area contributed by atoms with Gasteiger partial charge in [-0.15, -0.1) is 0 Å². The van der Waals surface area contributed by atoms with Gasteiger partial charge in [-0.25, -0.2) is 9.97 Å². The summed E-state index contributed by atoms with van der Waals surface area (Å²) in [6, 6.07) is 22.2. The van der Waals surface area contributed by atoms with Crippen LogP contribution in [0.15, 0.2) is 77.5 Å². The maximum Gasteiger partial charge on any atom is 0.308 e. The quantitative estimate of drug-likeness (QED) is 0.114. The Balaban J connectivity index is 1.06. The lowest BCUT2D eigenvalue weighted by molar-refractivity contribution is -0.142. The lowest BCUT2D eigenvalue weighted by Crippen LogP contribution is -2.35. The van der Waals surface area contributed by atoms with Crippen molar-refractivity contribution in [3.05, 3.63) is 101 Å². The van der Waals surface area contributed by atoms with Crippen molar-refractivity contribution < 1.29 is 19.4 Å². The molecule has 0 amide bonds. The molecular weight excluding hydrogens is 667 g/mol. The highest BCUT2D eigenvalue weighted by Gasteiger charge is 2.32. The fourth-order valence-electron chi connectivity index (χ4n) is 7.99. The van der Waals surface area contributed by atoms with Crippen LogP contribution in [-0.2, 0) is 17.9 Å². The first-order valence-corrected chi connectivity index (χ1v) is 18.2. The fraction of sp³-hybridized carbons (Fsp3) is 0.310. The number of nitrogens with one attached hydrogen (secondary N) is 2. The molecule has 0 radical (unpaired) electrons. The zero-order chi connectivity index (χ0) is 36.6. The Morgan fingerprint density at radius 1 is 1.00 bits per heavy atom. The molecule has 6 aromatic rings. The molecule has 3 aromatic carbocycles. The van der Waals surface area contributed by atoms with Crippen molar-refractivity contribution in [2.24, 2.45) is 5.92 Å². The fourth-order valence-corrected chi connectivity index (χ4v) is 7.99. The smallest absolute Gasteiger partial charge is 0.308 e. The van der Waals surface area contributed by atoms with Crippen LogP contribution in [0.1, 0.15) is 53.5 Å². The monoisotopic (exact) mass is 707 g/mol. The van der Waals surface area contributed by atoms with Crippen molar-refractivity contribution in [1.29, 1.82) is 5.26 Å². The van der Waals surface area contributed by atoms with Gasteiger partial charge < -0.3 is 25.3 Å². The number of pyridine rings is 2. The Morgan fingerprint density at radius 2 is 1.81 bits per heavy atom.